The van der Waals surface area contributed by atoms with E-state index in [4.69, 9.17) is 33.8 Å². The molecule has 0 unspecified atom stereocenters. The van der Waals surface area contributed by atoms with Crippen molar-refractivity contribution in [1.82, 2.24) is 29.5 Å². The summed E-state index contributed by atoms with van der Waals surface area (Å²) in [7, 11) is 0. The van der Waals surface area contributed by atoms with E-state index in [1.54, 1.807) is 0 Å². The van der Waals surface area contributed by atoms with E-state index in [9.17, 15) is 0 Å². The van der Waals surface area contributed by atoms with Crippen LogP contribution in [-0.4, -0.2) is 29.5 Å². The first kappa shape index (κ1) is 29.3. The van der Waals surface area contributed by atoms with Gasteiger partial charge >= 0.3 is 0 Å². The van der Waals surface area contributed by atoms with E-state index in [0.29, 0.717) is 40.5 Å². The largest absolute Gasteiger partial charge is 0.436 e. The minimum atomic E-state index is 0.469. The van der Waals surface area contributed by atoms with Gasteiger partial charge in [0.1, 0.15) is 11.0 Å². The van der Waals surface area contributed by atoms with Crippen LogP contribution in [0.4, 0.5) is 0 Å². The summed E-state index contributed by atoms with van der Waals surface area (Å²) in [6.45, 7) is 0. The maximum absolute atomic E-state index is 6.29. The smallest absolute Gasteiger partial charge is 0.238 e. The topological polar surface area (TPSA) is 95.7 Å². The lowest BCUT2D eigenvalue weighted by Crippen LogP contribution is -2.06. The molecule has 4 aromatic heterocycles. The lowest BCUT2D eigenvalue weighted by molar-refractivity contribution is 0.617. The Morgan fingerprint density at radius 3 is 1.51 bits per heavy atom. The van der Waals surface area contributed by atoms with Crippen LogP contribution < -0.4 is 0 Å². The van der Waals surface area contributed by atoms with Gasteiger partial charge in [0.15, 0.2) is 22.8 Å². The number of nitrogens with zero attached hydrogens (tertiary/aromatic N) is 6. The normalized spacial score (nSPS) is 11.8. The van der Waals surface area contributed by atoms with E-state index in [2.05, 4.69) is 71.3 Å². The molecule has 248 valence electrons. The van der Waals surface area contributed by atoms with Crippen molar-refractivity contribution in [2.24, 2.45) is 0 Å². The minimum Gasteiger partial charge on any atom is -0.436 e. The number of benzene rings is 7. The van der Waals surface area contributed by atoms with Gasteiger partial charge < -0.3 is 8.83 Å². The molecule has 0 aliphatic heterocycles. The second-order valence-electron chi connectivity index (χ2n) is 13.0. The summed E-state index contributed by atoms with van der Waals surface area (Å²) >= 11 is 0. The highest BCUT2D eigenvalue weighted by Crippen LogP contribution is 2.36. The number of hydrogen-bond acceptors (Lipinski definition) is 7. The molecule has 0 spiro atoms. The Balaban J connectivity index is 1.19. The van der Waals surface area contributed by atoms with E-state index in [1.165, 1.54) is 0 Å². The average molecular weight is 683 g/mol. The van der Waals surface area contributed by atoms with Gasteiger partial charge in [-0.25, -0.2) is 15.0 Å². The molecule has 11 rings (SSSR count). The van der Waals surface area contributed by atoms with Gasteiger partial charge in [-0.05, 0) is 71.4 Å². The van der Waals surface area contributed by atoms with Gasteiger partial charge in [0.05, 0.1) is 11.0 Å². The zero-order chi connectivity index (χ0) is 34.9. The highest BCUT2D eigenvalue weighted by molar-refractivity contribution is 6.09. The predicted molar refractivity (Wildman–Crippen MR) is 209 cm³/mol. The predicted octanol–water partition coefficient (Wildman–Crippen LogP) is 11.1. The van der Waals surface area contributed by atoms with Crippen LogP contribution in [0.1, 0.15) is 0 Å². The molecular formula is C45H26N6O2. The SMILES string of the molecule is c1ccc2cc(-c3nc(-c4cc(-c5nc6ccccc6o5)cc(-c5nc6ccccc6o5)c4)nc(-n4c5ccccc5c5ccccc54)n3)ccc2c1. The average Bonchev–Trinajstić information content (AvgIpc) is 3.95. The summed E-state index contributed by atoms with van der Waals surface area (Å²) in [6, 6.07) is 52.7. The quantitative estimate of drug-likeness (QED) is 0.178. The number of para-hydroxylation sites is 6. The van der Waals surface area contributed by atoms with Crippen LogP contribution in [0.3, 0.4) is 0 Å². The molecule has 0 bridgehead atoms. The van der Waals surface area contributed by atoms with Gasteiger partial charge in [-0.1, -0.05) is 97.1 Å². The van der Waals surface area contributed by atoms with E-state index in [-0.39, 0.29) is 0 Å². The number of aromatic nitrogens is 6. The number of rotatable bonds is 5. The fourth-order valence-electron chi connectivity index (χ4n) is 7.18. The van der Waals surface area contributed by atoms with Crippen LogP contribution in [-0.2, 0) is 0 Å². The Kier molecular flexibility index (Phi) is 6.38. The summed E-state index contributed by atoms with van der Waals surface area (Å²) in [4.78, 5) is 25.3. The molecule has 0 aliphatic rings. The van der Waals surface area contributed by atoms with Crippen molar-refractivity contribution >= 4 is 54.8 Å². The van der Waals surface area contributed by atoms with Gasteiger partial charge in [0.2, 0.25) is 17.7 Å². The van der Waals surface area contributed by atoms with Gasteiger partial charge in [0.25, 0.3) is 0 Å². The third-order valence-corrected chi connectivity index (χ3v) is 9.68. The van der Waals surface area contributed by atoms with Gasteiger partial charge in [-0.3, -0.25) is 4.57 Å². The van der Waals surface area contributed by atoms with E-state index in [0.717, 1.165) is 65.9 Å². The standard InChI is InChI=1S/C45H26N6O2/c1-2-12-28-23-29(22-21-27(28)11-1)41-48-42(50-45(49-41)51-37-17-7-3-13-33(37)34-14-4-8-18-38(34)51)30-24-31(43-46-35-15-5-9-19-39(35)52-43)26-32(25-30)44-47-36-16-6-10-20-40(36)53-44/h1-26H. The highest BCUT2D eigenvalue weighted by atomic mass is 16.4. The van der Waals surface area contributed by atoms with Crippen molar-refractivity contribution in [2.75, 3.05) is 0 Å². The molecule has 7 aromatic carbocycles. The van der Waals surface area contributed by atoms with Crippen LogP contribution in [0, 0.1) is 0 Å². The Labute approximate surface area is 301 Å². The molecule has 8 heteroatoms. The zero-order valence-electron chi connectivity index (χ0n) is 28.0. The molecule has 0 saturated carbocycles. The van der Waals surface area contributed by atoms with Crippen LogP contribution in [0.15, 0.2) is 167 Å². The molecule has 53 heavy (non-hydrogen) atoms. The molecule has 11 aromatic rings. The molecule has 0 aliphatic carbocycles. The van der Waals surface area contributed by atoms with Crippen LogP contribution in [0.2, 0.25) is 0 Å². The van der Waals surface area contributed by atoms with Crippen LogP contribution in [0.5, 0.6) is 0 Å². The Hall–Kier alpha value is -7.45. The molecule has 0 fully saturated rings. The minimum absolute atomic E-state index is 0.469. The molecule has 0 radical (unpaired) electrons. The second-order valence-corrected chi connectivity index (χ2v) is 13.0. The van der Waals surface area contributed by atoms with Crippen LogP contribution >= 0.6 is 0 Å². The Morgan fingerprint density at radius 2 is 0.887 bits per heavy atom. The molecular weight excluding hydrogens is 657 g/mol. The van der Waals surface area contributed by atoms with Gasteiger partial charge in [-0.2, -0.15) is 9.97 Å². The first-order valence-electron chi connectivity index (χ1n) is 17.3. The Bertz CT molecular complexity index is 3000. The third kappa shape index (κ3) is 4.88. The van der Waals surface area contributed by atoms with Crippen molar-refractivity contribution in [3.63, 3.8) is 0 Å². The van der Waals surface area contributed by atoms with E-state index >= 15 is 0 Å². The third-order valence-electron chi connectivity index (χ3n) is 9.68. The maximum atomic E-state index is 6.29. The number of oxazole rings is 2. The summed E-state index contributed by atoms with van der Waals surface area (Å²) < 4.78 is 14.7. The van der Waals surface area contributed by atoms with Crippen molar-refractivity contribution in [1.29, 1.82) is 0 Å². The fourth-order valence-corrected chi connectivity index (χ4v) is 7.18. The van der Waals surface area contributed by atoms with Crippen molar-refractivity contribution in [3.05, 3.63) is 158 Å². The first-order valence-corrected chi connectivity index (χ1v) is 17.3. The summed E-state index contributed by atoms with van der Waals surface area (Å²) in [5.41, 5.74) is 8.02. The highest BCUT2D eigenvalue weighted by Gasteiger charge is 2.21. The molecule has 0 N–H and O–H groups in total. The maximum Gasteiger partial charge on any atom is 0.238 e. The van der Waals surface area contributed by atoms with Gasteiger partial charge in [-0.15, -0.1) is 0 Å². The molecule has 0 saturated heterocycles. The number of hydrogen-bond donors (Lipinski definition) is 0. The fraction of sp³-hybridized carbons (Fsp3) is 0. The summed E-state index contributed by atoms with van der Waals surface area (Å²) in [6.07, 6.45) is 0. The lowest BCUT2D eigenvalue weighted by atomic mass is 10.0. The van der Waals surface area contributed by atoms with E-state index < -0.39 is 0 Å². The van der Waals surface area contributed by atoms with Crippen molar-refractivity contribution in [3.8, 4) is 51.6 Å². The first-order chi connectivity index (χ1) is 26.2. The molecule has 4 heterocycles. The zero-order valence-corrected chi connectivity index (χ0v) is 28.0. The molecule has 8 nitrogen and oxygen atoms in total. The lowest BCUT2D eigenvalue weighted by Gasteiger charge is -2.12. The summed E-state index contributed by atoms with van der Waals surface area (Å²) in [5, 5.41) is 4.48. The van der Waals surface area contributed by atoms with Crippen molar-refractivity contribution < 1.29 is 8.83 Å². The van der Waals surface area contributed by atoms with E-state index in [1.807, 2.05) is 91.0 Å². The summed E-state index contributed by atoms with van der Waals surface area (Å²) in [5.74, 6) is 2.48. The monoisotopic (exact) mass is 682 g/mol. The molecule has 0 amide bonds. The second kappa shape index (κ2) is 11.5. The van der Waals surface area contributed by atoms with Crippen molar-refractivity contribution in [2.45, 2.75) is 0 Å². The van der Waals surface area contributed by atoms with Crippen LogP contribution in [0.25, 0.3) is 106 Å². The molecule has 0 atom stereocenters. The Morgan fingerprint density at radius 1 is 0.377 bits per heavy atom. The number of fused-ring (bicyclic) bond motifs is 6. The van der Waals surface area contributed by atoms with Gasteiger partial charge in [0, 0.05) is 33.0 Å².